The van der Waals surface area contributed by atoms with E-state index in [1.54, 1.807) is 0 Å². The second-order valence-corrected chi connectivity index (χ2v) is 16.6. The molecule has 0 radical (unpaired) electrons. The Hall–Kier alpha value is -1.55. The van der Waals surface area contributed by atoms with Gasteiger partial charge in [0, 0.05) is 47.2 Å². The minimum Gasteiger partial charge on any atom is -0.355 e. The van der Waals surface area contributed by atoms with E-state index < -0.39 is 17.5 Å². The van der Waals surface area contributed by atoms with Crippen LogP contribution in [0, 0.1) is 5.41 Å². The van der Waals surface area contributed by atoms with Crippen LogP contribution in [0.1, 0.15) is 123 Å². The van der Waals surface area contributed by atoms with Crippen LogP contribution in [0.5, 0.6) is 0 Å². The van der Waals surface area contributed by atoms with Crippen molar-refractivity contribution >= 4 is 17.6 Å². The molecule has 3 atom stereocenters. The largest absolute Gasteiger partial charge is 0.355 e. The molecule has 0 saturated heterocycles. The van der Waals surface area contributed by atoms with E-state index in [0.717, 1.165) is 12.8 Å². The molecule has 242 valence electrons. The molecule has 0 aromatic carbocycles. The summed E-state index contributed by atoms with van der Waals surface area (Å²) in [6.45, 7) is 31.5. The standard InChI is InChI=1S/C32H66N6O3/c1-28(2,3)25(39)22(36-30(7,8)9)18-16-17-19-33-26(40)23(37-31(10,11)12)20-34-27(41)24(38-32(13,14)15)21-35-29(4,5)6/h22-24,35-38H,16-21H2,1-15H3,(H,33,40)(H,34,41). The van der Waals surface area contributed by atoms with E-state index >= 15 is 0 Å². The van der Waals surface area contributed by atoms with Gasteiger partial charge in [0.1, 0.15) is 6.04 Å². The third kappa shape index (κ3) is 20.1. The average molecular weight is 583 g/mol. The van der Waals surface area contributed by atoms with Crippen molar-refractivity contribution in [1.29, 1.82) is 0 Å². The maximum atomic E-state index is 13.2. The maximum absolute atomic E-state index is 13.2. The Bertz CT molecular complexity index is 823. The van der Waals surface area contributed by atoms with E-state index in [1.807, 2.05) is 62.3 Å². The van der Waals surface area contributed by atoms with Gasteiger partial charge in [0.2, 0.25) is 11.8 Å². The molecule has 6 N–H and O–H groups in total. The molecular formula is C32H66N6O3. The second kappa shape index (κ2) is 15.8. The lowest BCUT2D eigenvalue weighted by atomic mass is 9.84. The molecule has 0 heterocycles. The predicted molar refractivity (Wildman–Crippen MR) is 172 cm³/mol. The number of hydrogen-bond donors (Lipinski definition) is 6. The fourth-order valence-corrected chi connectivity index (χ4v) is 4.32. The van der Waals surface area contributed by atoms with Crippen molar-refractivity contribution in [3.8, 4) is 0 Å². The maximum Gasteiger partial charge on any atom is 0.238 e. The van der Waals surface area contributed by atoms with Gasteiger partial charge in [0.05, 0.1) is 12.1 Å². The molecule has 0 aromatic rings. The minimum atomic E-state index is -0.581. The molecule has 3 unspecified atom stereocenters. The number of carbonyl (C=O) groups is 3. The van der Waals surface area contributed by atoms with Gasteiger partial charge >= 0.3 is 0 Å². The molecule has 41 heavy (non-hydrogen) atoms. The molecule has 0 aliphatic heterocycles. The van der Waals surface area contributed by atoms with Crippen molar-refractivity contribution in [3.05, 3.63) is 0 Å². The van der Waals surface area contributed by atoms with Crippen LogP contribution in [0.15, 0.2) is 0 Å². The summed E-state index contributed by atoms with van der Waals surface area (Å²) in [5.41, 5.74) is -1.28. The van der Waals surface area contributed by atoms with Crippen LogP contribution in [-0.2, 0) is 14.4 Å². The Morgan fingerprint density at radius 1 is 0.512 bits per heavy atom. The lowest BCUT2D eigenvalue weighted by molar-refractivity contribution is -0.129. The predicted octanol–water partition coefficient (Wildman–Crippen LogP) is 3.66. The van der Waals surface area contributed by atoms with Gasteiger partial charge in [0.25, 0.3) is 0 Å². The van der Waals surface area contributed by atoms with Crippen molar-refractivity contribution in [2.45, 2.75) is 163 Å². The lowest BCUT2D eigenvalue weighted by Crippen LogP contribution is -2.61. The summed E-state index contributed by atoms with van der Waals surface area (Å²) in [5, 5.41) is 19.7. The topological polar surface area (TPSA) is 123 Å². The second-order valence-electron chi connectivity index (χ2n) is 16.6. The van der Waals surface area contributed by atoms with Gasteiger partial charge in [0.15, 0.2) is 5.78 Å². The van der Waals surface area contributed by atoms with Crippen LogP contribution < -0.4 is 31.9 Å². The Balaban J connectivity index is 5.19. The molecular weight excluding hydrogens is 516 g/mol. The van der Waals surface area contributed by atoms with E-state index in [-0.39, 0.29) is 52.3 Å². The summed E-state index contributed by atoms with van der Waals surface area (Å²) in [4.78, 5) is 39.4. The molecule has 0 aliphatic carbocycles. The summed E-state index contributed by atoms with van der Waals surface area (Å²) >= 11 is 0. The van der Waals surface area contributed by atoms with Gasteiger partial charge in [-0.3, -0.25) is 19.7 Å². The Morgan fingerprint density at radius 2 is 0.927 bits per heavy atom. The summed E-state index contributed by atoms with van der Waals surface area (Å²) in [5.74, 6) is -0.0896. The Kier molecular flexibility index (Phi) is 15.2. The van der Waals surface area contributed by atoms with Gasteiger partial charge in [-0.05, 0) is 102 Å². The molecule has 0 spiro atoms. The lowest BCUT2D eigenvalue weighted by Gasteiger charge is -2.32. The first-order chi connectivity index (χ1) is 18.2. The number of Topliss-reactive ketones (excluding diaryl/α,β-unsaturated/α-hetero) is 1. The molecule has 0 aromatic heterocycles. The van der Waals surface area contributed by atoms with Crippen molar-refractivity contribution in [2.24, 2.45) is 5.41 Å². The van der Waals surface area contributed by atoms with Crippen LogP contribution in [-0.4, -0.2) is 77.5 Å². The molecule has 0 saturated carbocycles. The molecule has 2 amide bonds. The van der Waals surface area contributed by atoms with Crippen LogP contribution >= 0.6 is 0 Å². The highest BCUT2D eigenvalue weighted by Gasteiger charge is 2.32. The molecule has 0 aliphatic rings. The number of amides is 2. The Morgan fingerprint density at radius 3 is 1.34 bits per heavy atom. The fourth-order valence-electron chi connectivity index (χ4n) is 4.32. The van der Waals surface area contributed by atoms with E-state index in [9.17, 15) is 14.4 Å². The number of carbonyl (C=O) groups excluding carboxylic acids is 3. The Labute approximate surface area is 252 Å². The van der Waals surface area contributed by atoms with E-state index in [1.165, 1.54) is 0 Å². The zero-order valence-electron chi connectivity index (χ0n) is 29.2. The summed E-state index contributed by atoms with van der Waals surface area (Å²) in [6.07, 6.45) is 2.29. The number of rotatable bonds is 15. The molecule has 9 heteroatoms. The van der Waals surface area contributed by atoms with Gasteiger partial charge < -0.3 is 26.6 Å². The number of ketones is 1. The molecule has 0 bridgehead atoms. The van der Waals surface area contributed by atoms with Gasteiger partial charge in [-0.1, -0.05) is 20.8 Å². The highest BCUT2D eigenvalue weighted by atomic mass is 16.2. The zero-order valence-corrected chi connectivity index (χ0v) is 29.2. The van der Waals surface area contributed by atoms with Crippen molar-refractivity contribution < 1.29 is 14.4 Å². The highest BCUT2D eigenvalue weighted by Crippen LogP contribution is 2.21. The fraction of sp³-hybridized carbons (Fsp3) is 0.906. The average Bonchev–Trinajstić information content (AvgIpc) is 2.73. The molecule has 0 rings (SSSR count). The van der Waals surface area contributed by atoms with Crippen LogP contribution in [0.3, 0.4) is 0 Å². The van der Waals surface area contributed by atoms with Crippen molar-refractivity contribution in [1.82, 2.24) is 31.9 Å². The van der Waals surface area contributed by atoms with E-state index in [4.69, 9.17) is 0 Å². The van der Waals surface area contributed by atoms with Crippen molar-refractivity contribution in [3.63, 3.8) is 0 Å². The summed E-state index contributed by atoms with van der Waals surface area (Å²) in [6, 6.07) is -1.25. The quantitative estimate of drug-likeness (QED) is 0.163. The van der Waals surface area contributed by atoms with Gasteiger partial charge in [-0.2, -0.15) is 0 Å². The molecule has 0 fully saturated rings. The van der Waals surface area contributed by atoms with Crippen LogP contribution in [0.4, 0.5) is 0 Å². The molecule has 9 nitrogen and oxygen atoms in total. The summed E-state index contributed by atoms with van der Waals surface area (Å²) < 4.78 is 0. The first-order valence-corrected chi connectivity index (χ1v) is 15.4. The number of hydrogen-bond acceptors (Lipinski definition) is 7. The van der Waals surface area contributed by atoms with E-state index in [2.05, 4.69) is 73.4 Å². The van der Waals surface area contributed by atoms with E-state index in [0.29, 0.717) is 19.5 Å². The normalized spacial score (nSPS) is 15.7. The van der Waals surface area contributed by atoms with Crippen LogP contribution in [0.2, 0.25) is 0 Å². The first kappa shape index (κ1) is 39.5. The smallest absolute Gasteiger partial charge is 0.238 e. The minimum absolute atomic E-state index is 0.128. The van der Waals surface area contributed by atoms with Gasteiger partial charge in [-0.25, -0.2) is 0 Å². The monoisotopic (exact) mass is 583 g/mol. The third-order valence-corrected chi connectivity index (χ3v) is 6.05. The third-order valence-electron chi connectivity index (χ3n) is 6.05. The zero-order chi connectivity index (χ0) is 32.4. The first-order valence-electron chi connectivity index (χ1n) is 15.4. The highest BCUT2D eigenvalue weighted by molar-refractivity contribution is 5.88. The van der Waals surface area contributed by atoms with Gasteiger partial charge in [-0.15, -0.1) is 0 Å². The number of nitrogens with one attached hydrogen (secondary N) is 6. The SMILES string of the molecule is CC(C)(C)NCC(NC(C)(C)C)C(=O)NCC(NC(C)(C)C)C(=O)NCCCCC(NC(C)(C)C)C(=O)C(C)(C)C. The van der Waals surface area contributed by atoms with Crippen molar-refractivity contribution in [2.75, 3.05) is 19.6 Å². The van der Waals surface area contributed by atoms with Crippen LogP contribution in [0.25, 0.3) is 0 Å². The summed E-state index contributed by atoms with van der Waals surface area (Å²) in [7, 11) is 0. The number of unbranched alkanes of at least 4 members (excludes halogenated alkanes) is 1.